The van der Waals surface area contributed by atoms with Gasteiger partial charge in [0.1, 0.15) is 6.04 Å². The fraction of sp³-hybridized carbons (Fsp3) is 0.316. The van der Waals surface area contributed by atoms with Crippen LogP contribution >= 0.6 is 0 Å². The Morgan fingerprint density at radius 1 is 1.14 bits per heavy atom. The van der Waals surface area contributed by atoms with Crippen molar-refractivity contribution in [3.05, 3.63) is 59.7 Å². The number of carbonyl (C=O) groups is 1. The van der Waals surface area contributed by atoms with Crippen LogP contribution in [-0.2, 0) is 21.0 Å². The van der Waals surface area contributed by atoms with Crippen molar-refractivity contribution in [2.75, 3.05) is 11.9 Å². The highest BCUT2D eigenvalue weighted by Crippen LogP contribution is 2.31. The van der Waals surface area contributed by atoms with Gasteiger partial charge in [-0.05, 0) is 50.1 Å². The molecule has 1 saturated heterocycles. The Morgan fingerprint density at radius 2 is 1.82 bits per heavy atom. The lowest BCUT2D eigenvalue weighted by atomic mass is 10.1. The predicted octanol–water partition coefficient (Wildman–Crippen LogP) is 3.81. The first-order valence-electron chi connectivity index (χ1n) is 8.66. The summed E-state index contributed by atoms with van der Waals surface area (Å²) in [5, 5.41) is 2.41. The Morgan fingerprint density at radius 3 is 2.46 bits per heavy atom. The van der Waals surface area contributed by atoms with Crippen molar-refractivity contribution in [2.45, 2.75) is 36.9 Å². The van der Waals surface area contributed by atoms with Crippen molar-refractivity contribution in [1.29, 1.82) is 0 Å². The van der Waals surface area contributed by atoms with Crippen LogP contribution < -0.4 is 5.32 Å². The molecule has 1 heterocycles. The molecule has 0 saturated carbocycles. The molecule has 2 aromatic carbocycles. The maximum Gasteiger partial charge on any atom is 0.416 e. The molecule has 1 fully saturated rings. The largest absolute Gasteiger partial charge is 0.416 e. The van der Waals surface area contributed by atoms with E-state index in [-0.39, 0.29) is 17.1 Å². The Balaban J connectivity index is 1.81. The molecule has 1 aliphatic heterocycles. The molecule has 0 spiro atoms. The lowest BCUT2D eigenvalue weighted by Crippen LogP contribution is -2.43. The second-order valence-corrected chi connectivity index (χ2v) is 8.55. The molecule has 1 N–H and O–H groups in total. The summed E-state index contributed by atoms with van der Waals surface area (Å²) in [5.74, 6) is -0.646. The lowest BCUT2D eigenvalue weighted by molar-refractivity contribution is -0.137. The number of hydrogen-bond donors (Lipinski definition) is 1. The number of benzene rings is 2. The van der Waals surface area contributed by atoms with Crippen LogP contribution in [0, 0.1) is 6.92 Å². The normalized spacial score (nSPS) is 18.2. The van der Waals surface area contributed by atoms with Crippen molar-refractivity contribution in [3.8, 4) is 0 Å². The molecule has 0 aliphatic carbocycles. The van der Waals surface area contributed by atoms with E-state index in [0.29, 0.717) is 12.8 Å². The number of carbonyl (C=O) groups excluding carboxylic acids is 1. The maximum atomic E-state index is 12.9. The molecule has 28 heavy (non-hydrogen) atoms. The Bertz CT molecular complexity index is 973. The smallest absolute Gasteiger partial charge is 0.325 e. The molecule has 0 bridgehead atoms. The van der Waals surface area contributed by atoms with Gasteiger partial charge in [-0.2, -0.15) is 17.5 Å². The molecule has 9 heteroatoms. The standard InChI is InChI=1S/C19H19F3N2O3S/c1-13-7-9-16(10-8-13)28(26,27)24-11-3-6-17(24)18(25)23-15-5-2-4-14(12-15)19(20,21)22/h2,4-5,7-10,12,17H,3,6,11H2,1H3,(H,23,25). The van der Waals surface area contributed by atoms with Gasteiger partial charge in [0.2, 0.25) is 15.9 Å². The summed E-state index contributed by atoms with van der Waals surface area (Å²) in [4.78, 5) is 12.7. The zero-order chi connectivity index (χ0) is 20.5. The SMILES string of the molecule is Cc1ccc(S(=O)(=O)N2CCCC2C(=O)Nc2cccc(C(F)(F)F)c2)cc1. The van der Waals surface area contributed by atoms with Crippen LogP contribution in [0.5, 0.6) is 0 Å². The highest BCUT2D eigenvalue weighted by molar-refractivity contribution is 7.89. The minimum Gasteiger partial charge on any atom is -0.325 e. The average Bonchev–Trinajstić information content (AvgIpc) is 3.12. The number of aryl methyl sites for hydroxylation is 1. The first kappa shape index (κ1) is 20.3. The summed E-state index contributed by atoms with van der Waals surface area (Å²) in [5.41, 5.74) is -0.0144. The van der Waals surface area contributed by atoms with Gasteiger partial charge >= 0.3 is 6.18 Å². The number of hydrogen-bond acceptors (Lipinski definition) is 3. The molecule has 5 nitrogen and oxygen atoms in total. The number of halogens is 3. The van der Waals surface area contributed by atoms with Crippen LogP contribution in [0.1, 0.15) is 24.0 Å². The molecule has 1 amide bonds. The van der Waals surface area contributed by atoms with Crippen molar-refractivity contribution >= 4 is 21.6 Å². The van der Waals surface area contributed by atoms with E-state index in [1.54, 1.807) is 12.1 Å². The van der Waals surface area contributed by atoms with Gasteiger partial charge in [-0.1, -0.05) is 23.8 Å². The molecule has 150 valence electrons. The number of alkyl halides is 3. The Labute approximate surface area is 161 Å². The number of rotatable bonds is 4. The minimum atomic E-state index is -4.53. The summed E-state index contributed by atoms with van der Waals surface area (Å²) < 4.78 is 65.4. The summed E-state index contributed by atoms with van der Waals surface area (Å²) in [6.45, 7) is 2.01. The average molecular weight is 412 g/mol. The van der Waals surface area contributed by atoms with Crippen molar-refractivity contribution < 1.29 is 26.4 Å². The zero-order valence-electron chi connectivity index (χ0n) is 15.0. The first-order chi connectivity index (χ1) is 13.1. The third-order valence-electron chi connectivity index (χ3n) is 4.59. The quantitative estimate of drug-likeness (QED) is 0.831. The fourth-order valence-corrected chi connectivity index (χ4v) is 4.79. The molecule has 0 aromatic heterocycles. The van der Waals surface area contributed by atoms with E-state index in [2.05, 4.69) is 5.32 Å². The zero-order valence-corrected chi connectivity index (χ0v) is 15.8. The molecular formula is C19H19F3N2O3S. The van der Waals surface area contributed by atoms with Crippen molar-refractivity contribution in [1.82, 2.24) is 4.31 Å². The molecule has 2 aromatic rings. The molecule has 3 rings (SSSR count). The summed E-state index contributed by atoms with van der Waals surface area (Å²) in [6, 6.07) is 9.57. The first-order valence-corrected chi connectivity index (χ1v) is 10.1. The van der Waals surface area contributed by atoms with E-state index in [4.69, 9.17) is 0 Å². The van der Waals surface area contributed by atoms with Gasteiger partial charge in [-0.3, -0.25) is 4.79 Å². The summed E-state index contributed by atoms with van der Waals surface area (Å²) in [7, 11) is -3.88. The molecule has 1 aliphatic rings. The summed E-state index contributed by atoms with van der Waals surface area (Å²) >= 11 is 0. The molecule has 1 atom stereocenters. The third-order valence-corrected chi connectivity index (χ3v) is 6.51. The number of nitrogens with zero attached hydrogens (tertiary/aromatic N) is 1. The Kier molecular flexibility index (Phi) is 5.49. The summed E-state index contributed by atoms with van der Waals surface area (Å²) in [6.07, 6.45) is -3.74. The second kappa shape index (κ2) is 7.56. The number of amides is 1. The fourth-order valence-electron chi connectivity index (χ4n) is 3.13. The van der Waals surface area contributed by atoms with E-state index in [1.807, 2.05) is 6.92 Å². The number of sulfonamides is 1. The van der Waals surface area contributed by atoms with E-state index < -0.39 is 33.7 Å². The maximum absolute atomic E-state index is 12.9. The van der Waals surface area contributed by atoms with Crippen molar-refractivity contribution in [2.24, 2.45) is 0 Å². The van der Waals surface area contributed by atoms with Gasteiger partial charge in [-0.25, -0.2) is 8.42 Å². The van der Waals surface area contributed by atoms with Crippen LogP contribution in [0.25, 0.3) is 0 Å². The van der Waals surface area contributed by atoms with E-state index in [1.165, 1.54) is 24.3 Å². The van der Waals surface area contributed by atoms with Gasteiger partial charge < -0.3 is 5.32 Å². The van der Waals surface area contributed by atoms with E-state index >= 15 is 0 Å². The highest BCUT2D eigenvalue weighted by Gasteiger charge is 2.39. The van der Waals surface area contributed by atoms with Gasteiger partial charge in [0.15, 0.2) is 0 Å². The predicted molar refractivity (Wildman–Crippen MR) is 98.2 cm³/mol. The van der Waals surface area contributed by atoms with Crippen LogP contribution in [-0.4, -0.2) is 31.2 Å². The molecule has 1 unspecified atom stereocenters. The number of nitrogens with one attached hydrogen (secondary N) is 1. The van der Waals surface area contributed by atoms with Gasteiger partial charge in [0, 0.05) is 12.2 Å². The molecular weight excluding hydrogens is 393 g/mol. The second-order valence-electron chi connectivity index (χ2n) is 6.65. The van der Waals surface area contributed by atoms with Crippen molar-refractivity contribution in [3.63, 3.8) is 0 Å². The van der Waals surface area contributed by atoms with E-state index in [0.717, 1.165) is 22.0 Å². The monoisotopic (exact) mass is 412 g/mol. The van der Waals surface area contributed by atoms with Crippen LogP contribution in [0.2, 0.25) is 0 Å². The third kappa shape index (κ3) is 4.20. The lowest BCUT2D eigenvalue weighted by Gasteiger charge is -2.23. The highest BCUT2D eigenvalue weighted by atomic mass is 32.2. The van der Waals surface area contributed by atoms with Crippen LogP contribution in [0.4, 0.5) is 18.9 Å². The van der Waals surface area contributed by atoms with Crippen LogP contribution in [0.15, 0.2) is 53.4 Å². The minimum absolute atomic E-state index is 0.0283. The van der Waals surface area contributed by atoms with E-state index in [9.17, 15) is 26.4 Å². The van der Waals surface area contributed by atoms with Gasteiger partial charge in [0.05, 0.1) is 10.5 Å². The topological polar surface area (TPSA) is 66.5 Å². The number of anilines is 1. The molecule has 0 radical (unpaired) electrons. The van der Waals surface area contributed by atoms with Gasteiger partial charge in [-0.15, -0.1) is 0 Å². The van der Waals surface area contributed by atoms with Crippen LogP contribution in [0.3, 0.4) is 0 Å². The Hall–Kier alpha value is -2.39. The van der Waals surface area contributed by atoms with Gasteiger partial charge in [0.25, 0.3) is 0 Å².